The molecule has 2 aromatic carbocycles. The molecule has 3 rings (SSSR count). The molecule has 0 atom stereocenters. The Morgan fingerprint density at radius 1 is 1.21 bits per heavy atom. The van der Waals surface area contributed by atoms with E-state index in [0.29, 0.717) is 12.2 Å². The largest absolute Gasteiger partial charge is 0.384 e. The van der Waals surface area contributed by atoms with Crippen molar-refractivity contribution in [2.24, 2.45) is 10.9 Å². The Morgan fingerprint density at radius 2 is 1.97 bits per heavy atom. The molecule has 0 unspecified atom stereocenters. The van der Waals surface area contributed by atoms with Crippen LogP contribution in [0.2, 0.25) is 0 Å². The van der Waals surface area contributed by atoms with Crippen LogP contribution in [0.4, 0.5) is 5.69 Å². The molecule has 0 saturated heterocycles. The van der Waals surface area contributed by atoms with Crippen molar-refractivity contribution in [2.75, 3.05) is 11.9 Å². The first-order valence-electron chi connectivity index (χ1n) is 9.02. The number of benzene rings is 2. The number of halogens is 1. The molecule has 0 saturated carbocycles. The maximum atomic E-state index is 11.9. The van der Waals surface area contributed by atoms with Gasteiger partial charge in [0.15, 0.2) is 12.4 Å². The zero-order chi connectivity index (χ0) is 20.8. The Hall–Kier alpha value is -3.13. The summed E-state index contributed by atoms with van der Waals surface area (Å²) in [5.41, 5.74) is 10.5. The van der Waals surface area contributed by atoms with Gasteiger partial charge in [0, 0.05) is 21.4 Å². The van der Waals surface area contributed by atoms with Crippen LogP contribution in [0.25, 0.3) is 0 Å². The molecule has 0 bridgehead atoms. The highest BCUT2D eigenvalue weighted by atomic mass is 79.9. The first kappa shape index (κ1) is 20.6. The molecule has 7 nitrogen and oxygen atoms in total. The van der Waals surface area contributed by atoms with Crippen molar-refractivity contribution in [1.82, 2.24) is 9.78 Å². The highest BCUT2D eigenvalue weighted by Crippen LogP contribution is 2.14. The molecule has 29 heavy (non-hydrogen) atoms. The first-order valence-corrected chi connectivity index (χ1v) is 9.81. The molecule has 0 spiro atoms. The number of aryl methyl sites for hydroxylation is 2. The molecule has 1 amide bonds. The van der Waals surface area contributed by atoms with E-state index in [-0.39, 0.29) is 18.3 Å². The number of nitrogens with zero attached hydrogens (tertiary/aromatic N) is 3. The lowest BCUT2D eigenvalue weighted by Gasteiger charge is -2.08. The number of aromatic nitrogens is 2. The summed E-state index contributed by atoms with van der Waals surface area (Å²) in [6.07, 6.45) is 0. The zero-order valence-corrected chi connectivity index (χ0v) is 17.8. The molecule has 3 aromatic rings. The van der Waals surface area contributed by atoms with Crippen LogP contribution < -0.4 is 11.1 Å². The van der Waals surface area contributed by atoms with E-state index in [2.05, 4.69) is 31.5 Å². The molecule has 0 fully saturated rings. The molecule has 150 valence electrons. The molecule has 1 heterocycles. The molecular weight excluding hydrogens is 434 g/mol. The second kappa shape index (κ2) is 9.38. The highest BCUT2D eigenvalue weighted by Gasteiger charge is 2.06. The Morgan fingerprint density at radius 3 is 2.66 bits per heavy atom. The lowest BCUT2D eigenvalue weighted by atomic mass is 10.1. The highest BCUT2D eigenvalue weighted by molar-refractivity contribution is 9.10. The van der Waals surface area contributed by atoms with E-state index in [1.165, 1.54) is 0 Å². The first-order chi connectivity index (χ1) is 13.9. The number of carbonyl (C=O) groups excluding carboxylic acids is 1. The van der Waals surface area contributed by atoms with Crippen molar-refractivity contribution in [3.05, 3.63) is 81.6 Å². The monoisotopic (exact) mass is 455 g/mol. The maximum absolute atomic E-state index is 11.9. The number of nitrogens with one attached hydrogen (secondary N) is 1. The lowest BCUT2D eigenvalue weighted by Crippen LogP contribution is -2.19. The predicted octanol–water partition coefficient (Wildman–Crippen LogP) is 3.59. The number of oxime groups is 1. The van der Waals surface area contributed by atoms with Gasteiger partial charge in [-0.1, -0.05) is 39.3 Å². The van der Waals surface area contributed by atoms with Crippen LogP contribution in [-0.4, -0.2) is 28.1 Å². The fraction of sp³-hybridized carbons (Fsp3) is 0.190. The van der Waals surface area contributed by atoms with Crippen molar-refractivity contribution in [3.63, 3.8) is 0 Å². The van der Waals surface area contributed by atoms with Crippen LogP contribution in [0.5, 0.6) is 0 Å². The third-order valence-corrected chi connectivity index (χ3v) is 4.67. The molecule has 0 radical (unpaired) electrons. The van der Waals surface area contributed by atoms with E-state index < -0.39 is 0 Å². The van der Waals surface area contributed by atoms with Gasteiger partial charge in [-0.05, 0) is 55.8 Å². The summed E-state index contributed by atoms with van der Waals surface area (Å²) in [6, 6.07) is 17.0. The van der Waals surface area contributed by atoms with Gasteiger partial charge in [-0.15, -0.1) is 0 Å². The van der Waals surface area contributed by atoms with Crippen molar-refractivity contribution in [3.8, 4) is 0 Å². The Balaban J connectivity index is 1.57. The third kappa shape index (κ3) is 5.92. The van der Waals surface area contributed by atoms with Gasteiger partial charge in [0.25, 0.3) is 5.91 Å². The average molecular weight is 456 g/mol. The summed E-state index contributed by atoms with van der Waals surface area (Å²) in [7, 11) is 0. The minimum absolute atomic E-state index is 0.205. The van der Waals surface area contributed by atoms with E-state index in [1.54, 1.807) is 12.1 Å². The average Bonchev–Trinajstić information content (AvgIpc) is 3.00. The van der Waals surface area contributed by atoms with Gasteiger partial charge in [0.05, 0.1) is 12.2 Å². The Bertz CT molecular complexity index is 1030. The van der Waals surface area contributed by atoms with Gasteiger partial charge in [-0.25, -0.2) is 0 Å². The fourth-order valence-corrected chi connectivity index (χ4v) is 3.04. The summed E-state index contributed by atoms with van der Waals surface area (Å²) in [5.74, 6) is -0.112. The number of rotatable bonds is 7. The fourth-order valence-electron chi connectivity index (χ4n) is 2.78. The Labute approximate surface area is 177 Å². The van der Waals surface area contributed by atoms with Crippen molar-refractivity contribution < 1.29 is 9.63 Å². The zero-order valence-electron chi connectivity index (χ0n) is 16.2. The van der Waals surface area contributed by atoms with Gasteiger partial charge in [-0.3, -0.25) is 9.48 Å². The van der Waals surface area contributed by atoms with E-state index >= 15 is 0 Å². The van der Waals surface area contributed by atoms with Crippen LogP contribution in [-0.2, 0) is 16.2 Å². The smallest absolute Gasteiger partial charge is 0.265 e. The van der Waals surface area contributed by atoms with Crippen LogP contribution in [0, 0.1) is 13.8 Å². The quantitative estimate of drug-likeness (QED) is 0.323. The number of amidine groups is 1. The van der Waals surface area contributed by atoms with Gasteiger partial charge in [0.2, 0.25) is 0 Å². The molecule has 3 N–H and O–H groups in total. The van der Waals surface area contributed by atoms with Crippen LogP contribution in [0.15, 0.2) is 64.2 Å². The minimum atomic E-state index is -0.317. The van der Waals surface area contributed by atoms with Gasteiger partial charge >= 0.3 is 0 Å². The second-order valence-electron chi connectivity index (χ2n) is 6.59. The SMILES string of the molecule is Cc1cc(C)n(Cc2cccc(/C(N)=N/OCC(=O)Nc3ccc(Br)cc3)c2)n1. The van der Waals surface area contributed by atoms with E-state index in [1.807, 2.05) is 61.0 Å². The van der Waals surface area contributed by atoms with Crippen LogP contribution in [0.1, 0.15) is 22.5 Å². The molecular formula is C21H22BrN5O2. The number of nitrogens with two attached hydrogens (primary N) is 1. The number of hydrogen-bond acceptors (Lipinski definition) is 4. The molecule has 0 aliphatic rings. The van der Waals surface area contributed by atoms with E-state index in [0.717, 1.165) is 27.0 Å². The van der Waals surface area contributed by atoms with E-state index in [9.17, 15) is 4.79 Å². The topological polar surface area (TPSA) is 94.5 Å². The summed E-state index contributed by atoms with van der Waals surface area (Å²) in [5, 5.41) is 11.1. The van der Waals surface area contributed by atoms with Crippen LogP contribution in [0.3, 0.4) is 0 Å². The summed E-state index contributed by atoms with van der Waals surface area (Å²) in [4.78, 5) is 17.1. The lowest BCUT2D eigenvalue weighted by molar-refractivity contribution is -0.120. The summed E-state index contributed by atoms with van der Waals surface area (Å²) < 4.78 is 2.87. The van der Waals surface area contributed by atoms with E-state index in [4.69, 9.17) is 10.6 Å². The number of hydrogen-bond donors (Lipinski definition) is 2. The third-order valence-electron chi connectivity index (χ3n) is 4.14. The standard InChI is InChI=1S/C21H22BrN5O2/c1-14-10-15(2)27(25-14)12-16-4-3-5-17(11-16)21(23)26-29-13-20(28)24-19-8-6-18(22)7-9-19/h3-11H,12-13H2,1-2H3,(H2,23,26)(H,24,28). The minimum Gasteiger partial charge on any atom is -0.384 e. The second-order valence-corrected chi connectivity index (χ2v) is 7.51. The van der Waals surface area contributed by atoms with Gasteiger partial charge < -0.3 is 15.9 Å². The number of anilines is 1. The molecule has 0 aliphatic heterocycles. The number of amides is 1. The molecule has 0 aliphatic carbocycles. The maximum Gasteiger partial charge on any atom is 0.265 e. The van der Waals surface area contributed by atoms with Crippen molar-refractivity contribution in [1.29, 1.82) is 0 Å². The molecule has 8 heteroatoms. The summed E-state index contributed by atoms with van der Waals surface area (Å²) >= 11 is 3.35. The predicted molar refractivity (Wildman–Crippen MR) is 117 cm³/mol. The normalized spacial score (nSPS) is 11.3. The number of carbonyl (C=O) groups is 1. The summed E-state index contributed by atoms with van der Waals surface area (Å²) in [6.45, 7) is 4.39. The van der Waals surface area contributed by atoms with Crippen LogP contribution >= 0.6 is 15.9 Å². The Kier molecular flexibility index (Phi) is 6.66. The molecule has 1 aromatic heterocycles. The van der Waals surface area contributed by atoms with Gasteiger partial charge in [0.1, 0.15) is 0 Å². The van der Waals surface area contributed by atoms with Crippen molar-refractivity contribution >= 4 is 33.4 Å². The van der Waals surface area contributed by atoms with Crippen molar-refractivity contribution in [2.45, 2.75) is 20.4 Å². The van der Waals surface area contributed by atoms with Gasteiger partial charge in [-0.2, -0.15) is 5.10 Å².